The summed E-state index contributed by atoms with van der Waals surface area (Å²) in [6.07, 6.45) is 0. The Morgan fingerprint density at radius 2 is 0.912 bits per heavy atom. The summed E-state index contributed by atoms with van der Waals surface area (Å²) in [6.45, 7) is 0. The Labute approximate surface area is 333 Å². The fraction of sp³-hybridized carbons (Fsp3) is 0. The number of para-hydroxylation sites is 1. The van der Waals surface area contributed by atoms with Gasteiger partial charge in [-0.2, -0.15) is 0 Å². The van der Waals surface area contributed by atoms with Crippen LogP contribution in [-0.4, -0.2) is 24.9 Å². The minimum atomic E-state index is 0.626. The minimum Gasteiger partial charge on any atom is -0.452 e. The van der Waals surface area contributed by atoms with E-state index in [0.717, 1.165) is 74.9 Å². The van der Waals surface area contributed by atoms with E-state index < -0.39 is 0 Å². The molecule has 5 heterocycles. The molecule has 0 amide bonds. The van der Waals surface area contributed by atoms with Gasteiger partial charge in [-0.05, 0) is 36.4 Å². The number of furan rings is 1. The zero-order valence-corrected chi connectivity index (χ0v) is 31.7. The van der Waals surface area contributed by atoms with Gasteiger partial charge in [-0.1, -0.05) is 127 Å². The fourth-order valence-electron chi connectivity index (χ4n) is 7.97. The van der Waals surface area contributed by atoms with Crippen LogP contribution in [0, 0.1) is 0 Å². The van der Waals surface area contributed by atoms with Gasteiger partial charge in [0.05, 0.1) is 0 Å². The topological polar surface area (TPSA) is 77.6 Å². The summed E-state index contributed by atoms with van der Waals surface area (Å²) in [5.41, 5.74) is 7.85. The first-order valence-corrected chi connectivity index (χ1v) is 20.3. The highest BCUT2D eigenvalue weighted by Gasteiger charge is 2.23. The maximum Gasteiger partial charge on any atom is 0.180 e. The lowest BCUT2D eigenvalue weighted by atomic mass is 10.0. The van der Waals surface area contributed by atoms with Gasteiger partial charge in [0.1, 0.15) is 16.8 Å². The van der Waals surface area contributed by atoms with E-state index in [1.54, 1.807) is 22.7 Å². The van der Waals surface area contributed by atoms with E-state index in [9.17, 15) is 0 Å². The molecule has 7 aromatic carbocycles. The van der Waals surface area contributed by atoms with Gasteiger partial charge in [-0.3, -0.25) is 0 Å². The predicted octanol–water partition coefficient (Wildman–Crippen LogP) is 13.6. The van der Waals surface area contributed by atoms with E-state index in [-0.39, 0.29) is 0 Å². The van der Waals surface area contributed by atoms with Crippen LogP contribution in [-0.2, 0) is 0 Å². The average Bonchev–Trinajstić information content (AvgIpc) is 3.98. The number of benzene rings is 7. The molecule has 0 saturated heterocycles. The second-order valence-electron chi connectivity index (χ2n) is 14.0. The molecule has 0 saturated carbocycles. The predicted molar refractivity (Wildman–Crippen MR) is 236 cm³/mol. The van der Waals surface area contributed by atoms with Crippen LogP contribution in [0.2, 0.25) is 0 Å². The number of rotatable bonds is 5. The van der Waals surface area contributed by atoms with E-state index in [1.165, 1.54) is 15.5 Å². The quantitative estimate of drug-likeness (QED) is 0.174. The molecule has 0 unspecified atom stereocenters. The maximum atomic E-state index is 6.41. The highest BCUT2D eigenvalue weighted by molar-refractivity contribution is 7.26. The summed E-state index contributed by atoms with van der Waals surface area (Å²) in [4.78, 5) is 26.1. The molecule has 0 fully saturated rings. The first-order valence-electron chi connectivity index (χ1n) is 18.7. The second-order valence-corrected chi connectivity index (χ2v) is 16.1. The van der Waals surface area contributed by atoms with Crippen molar-refractivity contribution < 1.29 is 4.42 Å². The summed E-state index contributed by atoms with van der Waals surface area (Å²) in [7, 11) is 0. The first kappa shape index (κ1) is 32.1. The third-order valence-electron chi connectivity index (χ3n) is 10.6. The molecule has 5 aromatic heterocycles. The maximum absolute atomic E-state index is 6.41. The van der Waals surface area contributed by atoms with Crippen molar-refractivity contribution in [3.63, 3.8) is 0 Å². The van der Waals surface area contributed by atoms with E-state index in [1.807, 2.05) is 54.6 Å². The molecule has 0 spiro atoms. The SMILES string of the molecule is c1ccc(-c2nc(-c3cccc4c3sc3ccccc34)nc(-c3cccc4sc5c(-c6nc(-c7ccccc7)c7oc8ccccc8c7n6)cccc5c34)n2)cc1. The minimum absolute atomic E-state index is 0.626. The molecule has 12 aromatic rings. The van der Waals surface area contributed by atoms with Crippen molar-refractivity contribution in [2.45, 2.75) is 0 Å². The summed E-state index contributed by atoms with van der Waals surface area (Å²) < 4.78 is 11.0. The highest BCUT2D eigenvalue weighted by atomic mass is 32.1. The molecule has 0 atom stereocenters. The summed E-state index contributed by atoms with van der Waals surface area (Å²) >= 11 is 3.51. The van der Waals surface area contributed by atoms with E-state index in [4.69, 9.17) is 29.3 Å². The molecule has 0 radical (unpaired) electrons. The van der Waals surface area contributed by atoms with Crippen LogP contribution < -0.4 is 0 Å². The van der Waals surface area contributed by atoms with Gasteiger partial charge >= 0.3 is 0 Å². The van der Waals surface area contributed by atoms with Gasteiger partial charge in [0, 0.05) is 73.5 Å². The number of hydrogen-bond donors (Lipinski definition) is 0. The van der Waals surface area contributed by atoms with E-state index >= 15 is 0 Å². The van der Waals surface area contributed by atoms with E-state index in [0.29, 0.717) is 28.9 Å². The third kappa shape index (κ3) is 5.12. The van der Waals surface area contributed by atoms with Crippen molar-refractivity contribution in [3.05, 3.63) is 164 Å². The standard InChI is InChI=1S/C49H27N5OS2/c1-3-14-28(15-4-1)41-43-42(32-19-7-9-25-37(32)55-43)51-48(50-41)36-24-12-21-33-40-34(22-13-27-39(40)57-45(33)36)47-52-46(29-16-5-2-6-17-29)53-49(54-47)35-23-11-20-31-30-18-8-10-26-38(30)56-44(31)35/h1-27H. The van der Waals surface area contributed by atoms with E-state index in [2.05, 4.69) is 109 Å². The monoisotopic (exact) mass is 765 g/mol. The molecular formula is C49H27N5OS2. The molecule has 0 bridgehead atoms. The van der Waals surface area contributed by atoms with Crippen molar-refractivity contribution in [1.82, 2.24) is 24.9 Å². The molecule has 8 heteroatoms. The van der Waals surface area contributed by atoms with Crippen molar-refractivity contribution in [3.8, 4) is 56.8 Å². The number of thiophene rings is 2. The van der Waals surface area contributed by atoms with Crippen molar-refractivity contribution in [2.75, 3.05) is 0 Å². The normalized spacial score (nSPS) is 11.9. The van der Waals surface area contributed by atoms with Gasteiger partial charge in [0.15, 0.2) is 28.9 Å². The van der Waals surface area contributed by atoms with Crippen LogP contribution in [0.15, 0.2) is 168 Å². The van der Waals surface area contributed by atoms with Crippen LogP contribution >= 0.6 is 22.7 Å². The number of aromatic nitrogens is 5. The summed E-state index contributed by atoms with van der Waals surface area (Å²) in [5, 5.41) is 5.59. The second kappa shape index (κ2) is 12.7. The molecule has 0 aliphatic carbocycles. The van der Waals surface area contributed by atoms with Gasteiger partial charge in [0.2, 0.25) is 0 Å². The average molecular weight is 766 g/mol. The third-order valence-corrected chi connectivity index (χ3v) is 13.0. The Hall–Kier alpha value is -7.13. The Morgan fingerprint density at radius 3 is 1.72 bits per heavy atom. The smallest absolute Gasteiger partial charge is 0.180 e. The molecule has 12 rings (SSSR count). The number of nitrogens with zero attached hydrogens (tertiary/aromatic N) is 5. The Morgan fingerprint density at radius 1 is 0.368 bits per heavy atom. The zero-order chi connectivity index (χ0) is 37.5. The van der Waals surface area contributed by atoms with Crippen molar-refractivity contribution in [2.24, 2.45) is 0 Å². The van der Waals surface area contributed by atoms with Crippen LogP contribution in [0.4, 0.5) is 0 Å². The van der Waals surface area contributed by atoms with Crippen molar-refractivity contribution in [1.29, 1.82) is 0 Å². The molecular weight excluding hydrogens is 739 g/mol. The van der Waals surface area contributed by atoms with Gasteiger partial charge in [-0.25, -0.2) is 24.9 Å². The van der Waals surface area contributed by atoms with Crippen LogP contribution in [0.1, 0.15) is 0 Å². The van der Waals surface area contributed by atoms with Gasteiger partial charge in [0.25, 0.3) is 0 Å². The lowest BCUT2D eigenvalue weighted by Crippen LogP contribution is -2.00. The zero-order valence-electron chi connectivity index (χ0n) is 30.0. The summed E-state index contributed by atoms with van der Waals surface area (Å²) in [6, 6.07) is 56.2. The Balaban J connectivity index is 1.09. The molecule has 57 heavy (non-hydrogen) atoms. The summed E-state index contributed by atoms with van der Waals surface area (Å²) in [5.74, 6) is 2.56. The molecule has 266 valence electrons. The van der Waals surface area contributed by atoms with Crippen LogP contribution in [0.5, 0.6) is 0 Å². The van der Waals surface area contributed by atoms with Gasteiger partial charge < -0.3 is 4.42 Å². The van der Waals surface area contributed by atoms with Crippen molar-refractivity contribution >= 4 is 85.1 Å². The van der Waals surface area contributed by atoms with Gasteiger partial charge in [-0.15, -0.1) is 22.7 Å². The molecule has 0 N–H and O–H groups in total. The number of fused-ring (bicyclic) bond motifs is 9. The fourth-order valence-corrected chi connectivity index (χ4v) is 10.4. The molecule has 0 aliphatic heterocycles. The lowest BCUT2D eigenvalue weighted by molar-refractivity contribution is 0.667. The molecule has 6 nitrogen and oxygen atoms in total. The largest absolute Gasteiger partial charge is 0.452 e. The van der Waals surface area contributed by atoms with Crippen LogP contribution in [0.25, 0.3) is 119 Å². The Kier molecular flexibility index (Phi) is 7.17. The van der Waals surface area contributed by atoms with Crippen LogP contribution in [0.3, 0.4) is 0 Å². The first-order chi connectivity index (χ1) is 28.2. The number of hydrogen-bond acceptors (Lipinski definition) is 8. The Bertz CT molecular complexity index is 3540. The highest BCUT2D eigenvalue weighted by Crippen LogP contribution is 2.45. The molecule has 0 aliphatic rings. The lowest BCUT2D eigenvalue weighted by Gasteiger charge is -2.10.